The van der Waals surface area contributed by atoms with E-state index in [1.165, 1.54) is 11.8 Å². The highest BCUT2D eigenvalue weighted by molar-refractivity contribution is 7.99. The van der Waals surface area contributed by atoms with E-state index in [2.05, 4.69) is 5.32 Å². The van der Waals surface area contributed by atoms with Gasteiger partial charge in [0.15, 0.2) is 17.1 Å². The first kappa shape index (κ1) is 22.6. The van der Waals surface area contributed by atoms with Crippen LogP contribution in [0, 0.1) is 0 Å². The van der Waals surface area contributed by atoms with Gasteiger partial charge in [0.05, 0.1) is 40.0 Å². The number of hydrogen-bond donors (Lipinski definition) is 3. The summed E-state index contributed by atoms with van der Waals surface area (Å²) in [5, 5.41) is 24.2. The Morgan fingerprint density at radius 1 is 1.27 bits per heavy atom. The summed E-state index contributed by atoms with van der Waals surface area (Å²) in [7, 11) is 0. The molecule has 3 aromatic rings. The number of hydrogen-bond acceptors (Lipinski definition) is 10. The third-order valence-electron chi connectivity index (χ3n) is 7.53. The van der Waals surface area contributed by atoms with Crippen LogP contribution in [0.15, 0.2) is 21.8 Å². The highest BCUT2D eigenvalue weighted by atomic mass is 32.2. The largest absolute Gasteiger partial charge is 0.458 e. The third kappa shape index (κ3) is 2.91. The number of cyclic esters (lactones) is 1. The molecule has 1 amide bonds. The van der Waals surface area contributed by atoms with Crippen molar-refractivity contribution >= 4 is 34.5 Å². The molecule has 0 radical (unpaired) electrons. The average Bonchev–Trinajstić information content (AvgIpc) is 3.52. The number of amides is 1. The molecule has 7 rings (SSSR count). The second-order valence-electron chi connectivity index (χ2n) is 9.38. The first-order chi connectivity index (χ1) is 17.9. The number of esters is 1. The van der Waals surface area contributed by atoms with Gasteiger partial charge in [-0.25, -0.2) is 9.78 Å². The lowest BCUT2D eigenvalue weighted by atomic mass is 9.86. The smallest absolute Gasteiger partial charge is 0.343 e. The fraction of sp³-hybridized carbons (Fsp3) is 0.360. The molecule has 190 valence electrons. The van der Waals surface area contributed by atoms with Gasteiger partial charge in [-0.1, -0.05) is 6.92 Å². The summed E-state index contributed by atoms with van der Waals surface area (Å²) in [5.74, 6) is 0.367. The van der Waals surface area contributed by atoms with Crippen LogP contribution in [0.1, 0.15) is 41.6 Å². The van der Waals surface area contributed by atoms with Crippen molar-refractivity contribution in [1.82, 2.24) is 14.9 Å². The average molecular weight is 524 g/mol. The second kappa shape index (κ2) is 7.70. The van der Waals surface area contributed by atoms with Crippen LogP contribution in [0.25, 0.3) is 22.3 Å². The molecular formula is C25H21N3O8S. The Morgan fingerprint density at radius 3 is 2.89 bits per heavy atom. The Balaban J connectivity index is 1.52. The summed E-state index contributed by atoms with van der Waals surface area (Å²) in [5.41, 5.74) is 1.34. The summed E-state index contributed by atoms with van der Waals surface area (Å²) in [6.45, 7) is 1.07. The van der Waals surface area contributed by atoms with Gasteiger partial charge in [0.2, 0.25) is 12.7 Å². The number of benzene rings is 1. The molecule has 0 spiro atoms. The van der Waals surface area contributed by atoms with Gasteiger partial charge < -0.3 is 34.3 Å². The predicted octanol–water partition coefficient (Wildman–Crippen LogP) is 1.06. The van der Waals surface area contributed by atoms with Crippen molar-refractivity contribution < 1.29 is 34.0 Å². The number of ether oxygens (including phenoxy) is 3. The second-order valence-corrected chi connectivity index (χ2v) is 10.4. The normalized spacial score (nSPS) is 22.4. The first-order valence-corrected chi connectivity index (χ1v) is 12.8. The van der Waals surface area contributed by atoms with E-state index in [1.807, 2.05) is 0 Å². The van der Waals surface area contributed by atoms with Crippen molar-refractivity contribution in [3.63, 3.8) is 0 Å². The monoisotopic (exact) mass is 523 g/mol. The van der Waals surface area contributed by atoms with E-state index in [1.54, 1.807) is 23.6 Å². The van der Waals surface area contributed by atoms with E-state index in [4.69, 9.17) is 19.2 Å². The number of carbonyl (C=O) groups is 2. The minimum atomic E-state index is -1.93. The van der Waals surface area contributed by atoms with Gasteiger partial charge in [-0.05, 0) is 18.1 Å². The van der Waals surface area contributed by atoms with Crippen LogP contribution in [0.3, 0.4) is 0 Å². The fourth-order valence-electron chi connectivity index (χ4n) is 5.72. The number of fused-ring (bicyclic) bond motifs is 7. The molecule has 0 fully saturated rings. The standard InChI is InChI=1S/C25H21N3O8S/c1-2-25(33)12-3-15-20-10(5-28(15)23(31)11(12)7-34-24(25)32)18-14(26-17(30)6-29)8-37-22-19(18)13(27-20)4-16-21(22)36-9-35-16/h3-4,14,29,33H,2,5-9H2,1H3,(H,26,30)/t14?,25-/m0/s1. The molecule has 4 aliphatic heterocycles. The maximum absolute atomic E-state index is 13.6. The van der Waals surface area contributed by atoms with Crippen molar-refractivity contribution in [2.24, 2.45) is 0 Å². The first-order valence-electron chi connectivity index (χ1n) is 11.8. The number of aliphatic hydroxyl groups is 2. The number of carbonyl (C=O) groups excluding carboxylic acids is 2. The van der Waals surface area contributed by atoms with Crippen molar-refractivity contribution in [1.29, 1.82) is 0 Å². The summed E-state index contributed by atoms with van der Waals surface area (Å²) in [4.78, 5) is 44.1. The topological polar surface area (TPSA) is 149 Å². The Bertz CT molecular complexity index is 1630. The van der Waals surface area contributed by atoms with Crippen molar-refractivity contribution in [2.75, 3.05) is 19.2 Å². The quantitative estimate of drug-likeness (QED) is 0.333. The van der Waals surface area contributed by atoms with Crippen molar-refractivity contribution in [3.05, 3.63) is 44.7 Å². The molecule has 0 saturated carbocycles. The van der Waals surface area contributed by atoms with Gasteiger partial charge in [-0.15, -0.1) is 11.8 Å². The number of thioether (sulfide) groups is 1. The van der Waals surface area contributed by atoms with E-state index >= 15 is 0 Å². The van der Waals surface area contributed by atoms with E-state index in [0.29, 0.717) is 34.2 Å². The number of pyridine rings is 2. The maximum atomic E-state index is 13.6. The van der Waals surface area contributed by atoms with Crippen LogP contribution in [-0.4, -0.2) is 50.8 Å². The maximum Gasteiger partial charge on any atom is 0.343 e. The predicted molar refractivity (Wildman–Crippen MR) is 129 cm³/mol. The number of rotatable bonds is 3. The molecule has 6 heterocycles. The minimum Gasteiger partial charge on any atom is -0.458 e. The summed E-state index contributed by atoms with van der Waals surface area (Å²) in [6, 6.07) is 2.99. The van der Waals surface area contributed by atoms with Gasteiger partial charge in [0.1, 0.15) is 13.2 Å². The van der Waals surface area contributed by atoms with Crippen LogP contribution >= 0.6 is 11.8 Å². The molecule has 0 aliphatic carbocycles. The number of aliphatic hydroxyl groups excluding tert-OH is 1. The molecule has 1 aromatic carbocycles. The summed E-state index contributed by atoms with van der Waals surface area (Å²) in [6.07, 6.45) is 0.0459. The van der Waals surface area contributed by atoms with Gasteiger partial charge >= 0.3 is 5.97 Å². The van der Waals surface area contributed by atoms with Gasteiger partial charge in [-0.3, -0.25) is 9.59 Å². The molecule has 0 bridgehead atoms. The Labute approximate surface area is 213 Å². The Hall–Kier alpha value is -3.61. The number of nitrogens with zero attached hydrogens (tertiary/aromatic N) is 2. The molecule has 3 N–H and O–H groups in total. The zero-order valence-electron chi connectivity index (χ0n) is 19.6. The molecule has 0 saturated heterocycles. The summed E-state index contributed by atoms with van der Waals surface area (Å²) < 4.78 is 18.1. The van der Waals surface area contributed by atoms with Crippen molar-refractivity contribution in [3.8, 4) is 22.9 Å². The van der Waals surface area contributed by atoms with E-state index in [-0.39, 0.29) is 43.1 Å². The van der Waals surface area contributed by atoms with Crippen LogP contribution < -0.4 is 20.3 Å². The minimum absolute atomic E-state index is 0.0459. The molecule has 2 aromatic heterocycles. The molecule has 11 nitrogen and oxygen atoms in total. The SMILES string of the molecule is CC[C@@]1(O)C(=O)OCc2c1cc1n(c2=O)Cc2c-1nc1cc3c(c4c1c2C(NC(=O)CO)CS4)OCO3. The fourth-order valence-corrected chi connectivity index (χ4v) is 6.96. The summed E-state index contributed by atoms with van der Waals surface area (Å²) >= 11 is 1.51. The zero-order chi connectivity index (χ0) is 25.6. The molecule has 2 atom stereocenters. The molecule has 37 heavy (non-hydrogen) atoms. The van der Waals surface area contributed by atoms with E-state index in [9.17, 15) is 24.6 Å². The lowest BCUT2D eigenvalue weighted by molar-refractivity contribution is -0.172. The van der Waals surface area contributed by atoms with Crippen LogP contribution in [0.4, 0.5) is 0 Å². The van der Waals surface area contributed by atoms with E-state index < -0.39 is 30.1 Å². The van der Waals surface area contributed by atoms with Crippen LogP contribution in [-0.2, 0) is 33.1 Å². The molecule has 4 aliphatic rings. The lowest BCUT2D eigenvalue weighted by Gasteiger charge is -2.31. The molecule has 12 heteroatoms. The number of aromatic nitrogens is 2. The van der Waals surface area contributed by atoms with Crippen molar-refractivity contribution in [2.45, 2.75) is 43.0 Å². The Kier molecular flexibility index (Phi) is 4.70. The highest BCUT2D eigenvalue weighted by Gasteiger charge is 2.46. The van der Waals surface area contributed by atoms with Gasteiger partial charge in [-0.2, -0.15) is 0 Å². The van der Waals surface area contributed by atoms with Crippen LogP contribution in [0.2, 0.25) is 0 Å². The zero-order valence-corrected chi connectivity index (χ0v) is 20.4. The lowest BCUT2D eigenvalue weighted by Crippen LogP contribution is -2.44. The third-order valence-corrected chi connectivity index (χ3v) is 8.71. The Morgan fingerprint density at radius 2 is 2.11 bits per heavy atom. The molecule has 1 unspecified atom stereocenters. The highest BCUT2D eigenvalue weighted by Crippen LogP contribution is 2.53. The van der Waals surface area contributed by atoms with Gasteiger partial charge in [0.25, 0.3) is 5.56 Å². The van der Waals surface area contributed by atoms with Crippen LogP contribution in [0.5, 0.6) is 11.5 Å². The molecular weight excluding hydrogens is 502 g/mol. The van der Waals surface area contributed by atoms with E-state index in [0.717, 1.165) is 21.4 Å². The number of nitrogens with one attached hydrogen (secondary N) is 1. The van der Waals surface area contributed by atoms with Gasteiger partial charge in [0, 0.05) is 28.3 Å².